The number of carbonyl (C=O) groups is 1. The van der Waals surface area contributed by atoms with Gasteiger partial charge in [0.25, 0.3) is 10.0 Å². The van der Waals surface area contributed by atoms with Crippen molar-refractivity contribution in [3.63, 3.8) is 0 Å². The molecule has 3 aromatic rings. The summed E-state index contributed by atoms with van der Waals surface area (Å²) in [5.41, 5.74) is 3.55. The number of rotatable bonds is 10. The number of ether oxygens (including phenoxy) is 1. The van der Waals surface area contributed by atoms with Crippen LogP contribution in [0.15, 0.2) is 71.6 Å². The van der Waals surface area contributed by atoms with Crippen molar-refractivity contribution in [1.82, 2.24) is 5.32 Å². The molecule has 180 valence electrons. The second-order valence-corrected chi connectivity index (χ2v) is 10.3. The number of sulfonamides is 1. The molecular weight excluding hydrogens is 472 g/mol. The van der Waals surface area contributed by atoms with Crippen LogP contribution < -0.4 is 14.4 Å². The number of amides is 1. The number of aryl methyl sites for hydroxylation is 3. The number of hydrogen-bond acceptors (Lipinski definition) is 4. The molecule has 8 heteroatoms. The van der Waals surface area contributed by atoms with Crippen LogP contribution in [0, 0.1) is 13.8 Å². The van der Waals surface area contributed by atoms with E-state index in [4.69, 9.17) is 16.3 Å². The smallest absolute Gasteiger partial charge is 0.264 e. The van der Waals surface area contributed by atoms with Gasteiger partial charge in [0.15, 0.2) is 0 Å². The zero-order valence-electron chi connectivity index (χ0n) is 19.5. The summed E-state index contributed by atoms with van der Waals surface area (Å²) in [6, 6.07) is 19.0. The Morgan fingerprint density at radius 3 is 2.26 bits per heavy atom. The summed E-state index contributed by atoms with van der Waals surface area (Å²) in [5.74, 6) is 0.427. The van der Waals surface area contributed by atoms with Crippen LogP contribution in [0.4, 0.5) is 5.69 Å². The van der Waals surface area contributed by atoms with Gasteiger partial charge in [0.2, 0.25) is 5.91 Å². The zero-order valence-corrected chi connectivity index (χ0v) is 21.1. The van der Waals surface area contributed by atoms with Crippen molar-refractivity contribution < 1.29 is 17.9 Å². The number of hydrogen-bond donors (Lipinski definition) is 1. The summed E-state index contributed by atoms with van der Waals surface area (Å²) in [5, 5.41) is 3.28. The maximum absolute atomic E-state index is 13.4. The van der Waals surface area contributed by atoms with Crippen LogP contribution >= 0.6 is 11.6 Å². The maximum Gasteiger partial charge on any atom is 0.264 e. The second kappa shape index (κ2) is 11.4. The third-order valence-corrected chi connectivity index (χ3v) is 7.63. The fourth-order valence-electron chi connectivity index (χ4n) is 3.43. The Hall–Kier alpha value is -3.03. The summed E-state index contributed by atoms with van der Waals surface area (Å²) in [4.78, 5) is 12.8. The minimum Gasteiger partial charge on any atom is -0.497 e. The van der Waals surface area contributed by atoms with E-state index in [-0.39, 0.29) is 17.3 Å². The van der Waals surface area contributed by atoms with Crippen molar-refractivity contribution in [3.05, 3.63) is 88.4 Å². The van der Waals surface area contributed by atoms with Crippen molar-refractivity contribution in [1.29, 1.82) is 0 Å². The first-order valence-corrected chi connectivity index (χ1v) is 12.8. The van der Waals surface area contributed by atoms with E-state index in [1.54, 1.807) is 19.2 Å². The van der Waals surface area contributed by atoms with Crippen LogP contribution in [0.25, 0.3) is 0 Å². The molecule has 0 radical (unpaired) electrons. The average molecular weight is 501 g/mol. The first kappa shape index (κ1) is 25.6. The highest BCUT2D eigenvalue weighted by molar-refractivity contribution is 7.92. The molecule has 0 atom stereocenters. The van der Waals surface area contributed by atoms with E-state index in [9.17, 15) is 13.2 Å². The van der Waals surface area contributed by atoms with Crippen molar-refractivity contribution in [2.75, 3.05) is 24.5 Å². The number of methoxy groups -OCH3 is 1. The van der Waals surface area contributed by atoms with E-state index in [0.29, 0.717) is 17.3 Å². The number of nitrogens with one attached hydrogen (secondary N) is 1. The van der Waals surface area contributed by atoms with Gasteiger partial charge in [0.1, 0.15) is 12.3 Å². The van der Waals surface area contributed by atoms with Gasteiger partial charge in [-0.25, -0.2) is 8.42 Å². The first-order valence-electron chi connectivity index (χ1n) is 11.0. The van der Waals surface area contributed by atoms with E-state index in [0.717, 1.165) is 39.6 Å². The summed E-state index contributed by atoms with van der Waals surface area (Å²) in [6.45, 7) is 3.97. The van der Waals surface area contributed by atoms with Gasteiger partial charge in [0.05, 0.1) is 17.7 Å². The molecule has 0 aliphatic heterocycles. The van der Waals surface area contributed by atoms with Crippen LogP contribution in [0.2, 0.25) is 5.02 Å². The Kier molecular flexibility index (Phi) is 8.58. The minimum atomic E-state index is -3.97. The molecule has 0 saturated carbocycles. The predicted molar refractivity (Wildman–Crippen MR) is 136 cm³/mol. The van der Waals surface area contributed by atoms with Crippen molar-refractivity contribution in [3.8, 4) is 5.75 Å². The molecular formula is C26H29ClN2O4S. The standard InChI is InChI=1S/C26H29ClN2O4S/c1-19-6-11-23(17-20(19)2)29(34(31,32)25-14-9-22(27)10-15-25)18-26(30)28-16-4-5-21-7-12-24(33-3)13-8-21/h6-15,17H,4-5,16,18H2,1-3H3,(H,28,30). The molecule has 0 aromatic heterocycles. The highest BCUT2D eigenvalue weighted by atomic mass is 35.5. The third kappa shape index (κ3) is 6.52. The first-order chi connectivity index (χ1) is 16.2. The molecule has 0 fully saturated rings. The number of benzene rings is 3. The van der Waals surface area contributed by atoms with Gasteiger partial charge in [-0.15, -0.1) is 0 Å². The quantitative estimate of drug-likeness (QED) is 0.401. The van der Waals surface area contributed by atoms with Gasteiger partial charge < -0.3 is 10.1 Å². The molecule has 0 unspecified atom stereocenters. The van der Waals surface area contributed by atoms with Crippen molar-refractivity contribution in [2.45, 2.75) is 31.6 Å². The molecule has 0 aliphatic rings. The Bertz CT molecular complexity index is 1230. The van der Waals surface area contributed by atoms with Crippen LogP contribution in [0.5, 0.6) is 5.75 Å². The topological polar surface area (TPSA) is 75.7 Å². The van der Waals surface area contributed by atoms with Gasteiger partial charge in [-0.3, -0.25) is 9.10 Å². The van der Waals surface area contributed by atoms with Gasteiger partial charge in [-0.2, -0.15) is 0 Å². The van der Waals surface area contributed by atoms with Crippen molar-refractivity contribution >= 4 is 33.2 Å². The molecule has 0 heterocycles. The summed E-state index contributed by atoms with van der Waals surface area (Å²) < 4.78 is 33.2. The Labute approximate surface area is 206 Å². The second-order valence-electron chi connectivity index (χ2n) is 8.04. The molecule has 0 bridgehead atoms. The van der Waals surface area contributed by atoms with Gasteiger partial charge in [-0.05, 0) is 91.9 Å². The molecule has 3 rings (SSSR count). The summed E-state index contributed by atoms with van der Waals surface area (Å²) in [7, 11) is -2.35. The van der Waals surface area contributed by atoms with Gasteiger partial charge in [0, 0.05) is 11.6 Å². The summed E-state index contributed by atoms with van der Waals surface area (Å²) in [6.07, 6.45) is 1.51. The van der Waals surface area contributed by atoms with Crippen LogP contribution in [0.3, 0.4) is 0 Å². The van der Waals surface area contributed by atoms with Crippen LogP contribution in [0.1, 0.15) is 23.1 Å². The van der Waals surface area contributed by atoms with Crippen LogP contribution in [-0.2, 0) is 21.2 Å². The Balaban J connectivity index is 1.71. The van der Waals surface area contributed by atoms with E-state index in [1.807, 2.05) is 44.2 Å². The van der Waals surface area contributed by atoms with Gasteiger partial charge in [-0.1, -0.05) is 29.8 Å². The third-order valence-electron chi connectivity index (χ3n) is 5.59. The molecule has 0 aliphatic carbocycles. The Morgan fingerprint density at radius 2 is 1.65 bits per heavy atom. The van der Waals surface area contributed by atoms with Crippen LogP contribution in [-0.4, -0.2) is 34.5 Å². The zero-order chi connectivity index (χ0) is 24.7. The molecule has 34 heavy (non-hydrogen) atoms. The van der Waals surface area contributed by atoms with E-state index >= 15 is 0 Å². The molecule has 3 aromatic carbocycles. The fourth-order valence-corrected chi connectivity index (χ4v) is 4.97. The molecule has 6 nitrogen and oxygen atoms in total. The van der Waals surface area contributed by atoms with Gasteiger partial charge >= 0.3 is 0 Å². The number of carbonyl (C=O) groups excluding carboxylic acids is 1. The SMILES string of the molecule is COc1ccc(CCCNC(=O)CN(c2ccc(C)c(C)c2)S(=O)(=O)c2ccc(Cl)cc2)cc1. The molecule has 0 saturated heterocycles. The summed E-state index contributed by atoms with van der Waals surface area (Å²) >= 11 is 5.93. The minimum absolute atomic E-state index is 0.0717. The molecule has 1 N–H and O–H groups in total. The lowest BCUT2D eigenvalue weighted by Gasteiger charge is -2.25. The monoisotopic (exact) mass is 500 g/mol. The highest BCUT2D eigenvalue weighted by Crippen LogP contribution is 2.26. The van der Waals surface area contributed by atoms with Crippen molar-refractivity contribution in [2.24, 2.45) is 0 Å². The predicted octanol–water partition coefficient (Wildman–Crippen LogP) is 4.91. The lowest BCUT2D eigenvalue weighted by Crippen LogP contribution is -2.41. The largest absolute Gasteiger partial charge is 0.497 e. The molecule has 0 spiro atoms. The average Bonchev–Trinajstić information content (AvgIpc) is 2.82. The maximum atomic E-state index is 13.4. The normalized spacial score (nSPS) is 11.2. The fraction of sp³-hybridized carbons (Fsp3) is 0.269. The van der Waals surface area contributed by atoms with E-state index < -0.39 is 10.0 Å². The molecule has 1 amide bonds. The number of anilines is 1. The Morgan fingerprint density at radius 1 is 0.971 bits per heavy atom. The lowest BCUT2D eigenvalue weighted by molar-refractivity contribution is -0.119. The lowest BCUT2D eigenvalue weighted by atomic mass is 10.1. The highest BCUT2D eigenvalue weighted by Gasteiger charge is 2.27. The van der Waals surface area contributed by atoms with E-state index in [1.165, 1.54) is 24.3 Å². The number of halogens is 1. The number of nitrogens with zero attached hydrogens (tertiary/aromatic N) is 1. The van der Waals surface area contributed by atoms with E-state index in [2.05, 4.69) is 5.32 Å².